The Balaban J connectivity index is 1.91. The summed E-state index contributed by atoms with van der Waals surface area (Å²) in [5, 5.41) is 7.47. The van der Waals surface area contributed by atoms with Crippen molar-refractivity contribution in [2.75, 3.05) is 26.8 Å². The molecule has 0 saturated carbocycles. The molecule has 1 N–H and O–H groups in total. The third kappa shape index (κ3) is 6.14. The standard InChI is InChI=1S/C16H21ClN2OS/c1-20-8-6-18-12-14(11-16-19-7-9-21-16)10-13-2-4-15(17)5-3-13/h2-5,7,9,14,18H,6,8,10-12H2,1H3. The maximum atomic E-state index is 5.95. The largest absolute Gasteiger partial charge is 0.383 e. The number of benzene rings is 1. The average Bonchev–Trinajstić information content (AvgIpc) is 2.99. The molecule has 2 aromatic rings. The number of methoxy groups -OCH3 is 1. The van der Waals surface area contributed by atoms with Crippen LogP contribution in [-0.4, -0.2) is 31.8 Å². The highest BCUT2D eigenvalue weighted by Crippen LogP contribution is 2.17. The van der Waals surface area contributed by atoms with Crippen LogP contribution in [0.2, 0.25) is 5.02 Å². The molecule has 1 heterocycles. The van der Waals surface area contributed by atoms with Gasteiger partial charge >= 0.3 is 0 Å². The second-order valence-corrected chi connectivity index (χ2v) is 6.44. The van der Waals surface area contributed by atoms with Gasteiger partial charge in [-0.3, -0.25) is 0 Å². The first kappa shape index (κ1) is 16.4. The summed E-state index contributed by atoms with van der Waals surface area (Å²) in [6.45, 7) is 2.59. The van der Waals surface area contributed by atoms with Gasteiger partial charge in [-0.1, -0.05) is 23.7 Å². The molecular formula is C16H21ClN2OS. The fraction of sp³-hybridized carbons (Fsp3) is 0.438. The van der Waals surface area contributed by atoms with Gasteiger partial charge < -0.3 is 10.1 Å². The van der Waals surface area contributed by atoms with Gasteiger partial charge in [-0.25, -0.2) is 4.98 Å². The molecule has 0 aliphatic carbocycles. The molecule has 1 unspecified atom stereocenters. The smallest absolute Gasteiger partial charge is 0.0928 e. The van der Waals surface area contributed by atoms with E-state index in [1.54, 1.807) is 18.4 Å². The topological polar surface area (TPSA) is 34.1 Å². The Labute approximate surface area is 135 Å². The third-order valence-electron chi connectivity index (χ3n) is 3.30. The molecule has 0 fully saturated rings. The molecule has 0 aliphatic rings. The summed E-state index contributed by atoms with van der Waals surface area (Å²) >= 11 is 7.67. The van der Waals surface area contributed by atoms with Gasteiger partial charge in [0.2, 0.25) is 0 Å². The molecule has 1 aromatic heterocycles. The van der Waals surface area contributed by atoms with Gasteiger partial charge in [0.15, 0.2) is 0 Å². The van der Waals surface area contributed by atoms with Crippen LogP contribution in [0, 0.1) is 5.92 Å². The fourth-order valence-corrected chi connectivity index (χ4v) is 3.11. The summed E-state index contributed by atoms with van der Waals surface area (Å²) in [5.41, 5.74) is 1.31. The Morgan fingerprint density at radius 2 is 2.10 bits per heavy atom. The van der Waals surface area contributed by atoms with Crippen LogP contribution < -0.4 is 5.32 Å². The highest BCUT2D eigenvalue weighted by Gasteiger charge is 2.12. The zero-order chi connectivity index (χ0) is 14.9. The first-order chi connectivity index (χ1) is 10.3. The average molecular weight is 325 g/mol. The quantitative estimate of drug-likeness (QED) is 0.718. The minimum atomic E-state index is 0.522. The van der Waals surface area contributed by atoms with E-state index in [1.165, 1.54) is 10.6 Å². The van der Waals surface area contributed by atoms with Crippen molar-refractivity contribution in [2.45, 2.75) is 12.8 Å². The SMILES string of the molecule is COCCNCC(Cc1ccc(Cl)cc1)Cc1nccs1. The lowest BCUT2D eigenvalue weighted by molar-refractivity contribution is 0.197. The summed E-state index contributed by atoms with van der Waals surface area (Å²) in [6, 6.07) is 8.12. The molecule has 0 bridgehead atoms. The number of hydrogen-bond donors (Lipinski definition) is 1. The Hall–Kier alpha value is -0.940. The molecule has 0 aliphatic heterocycles. The van der Waals surface area contributed by atoms with E-state index in [0.717, 1.165) is 37.6 Å². The monoisotopic (exact) mass is 324 g/mol. The van der Waals surface area contributed by atoms with E-state index in [0.29, 0.717) is 5.92 Å². The Morgan fingerprint density at radius 1 is 1.29 bits per heavy atom. The van der Waals surface area contributed by atoms with Crippen LogP contribution in [0.1, 0.15) is 10.6 Å². The number of nitrogens with zero attached hydrogens (tertiary/aromatic N) is 1. The first-order valence-electron chi connectivity index (χ1n) is 7.10. The van der Waals surface area contributed by atoms with E-state index in [9.17, 15) is 0 Å². The summed E-state index contributed by atoms with van der Waals surface area (Å²) < 4.78 is 5.07. The minimum Gasteiger partial charge on any atom is -0.383 e. The van der Waals surface area contributed by atoms with E-state index in [2.05, 4.69) is 22.4 Å². The van der Waals surface area contributed by atoms with Crippen LogP contribution in [0.15, 0.2) is 35.8 Å². The number of ether oxygens (including phenoxy) is 1. The molecule has 3 nitrogen and oxygen atoms in total. The molecule has 0 saturated heterocycles. The van der Waals surface area contributed by atoms with Crippen molar-refractivity contribution >= 4 is 22.9 Å². The Bertz CT molecular complexity index is 502. The normalized spacial score (nSPS) is 12.5. The van der Waals surface area contributed by atoms with E-state index >= 15 is 0 Å². The molecule has 21 heavy (non-hydrogen) atoms. The number of halogens is 1. The van der Waals surface area contributed by atoms with E-state index in [4.69, 9.17) is 16.3 Å². The second-order valence-electron chi connectivity index (χ2n) is 5.02. The molecule has 114 valence electrons. The second kappa shape index (κ2) is 9.15. The van der Waals surface area contributed by atoms with Gasteiger partial charge in [0.05, 0.1) is 11.6 Å². The van der Waals surface area contributed by atoms with Crippen LogP contribution in [0.4, 0.5) is 0 Å². The van der Waals surface area contributed by atoms with Crippen molar-refractivity contribution in [1.29, 1.82) is 0 Å². The highest BCUT2D eigenvalue weighted by molar-refractivity contribution is 7.09. The van der Waals surface area contributed by atoms with Crippen LogP contribution >= 0.6 is 22.9 Å². The zero-order valence-corrected chi connectivity index (χ0v) is 13.8. The molecule has 0 radical (unpaired) electrons. The van der Waals surface area contributed by atoms with Crippen molar-refractivity contribution in [1.82, 2.24) is 10.3 Å². The van der Waals surface area contributed by atoms with Gasteiger partial charge in [0.25, 0.3) is 0 Å². The molecule has 1 atom stereocenters. The van der Waals surface area contributed by atoms with Crippen molar-refractivity contribution < 1.29 is 4.74 Å². The molecule has 0 spiro atoms. The lowest BCUT2D eigenvalue weighted by Gasteiger charge is -2.17. The van der Waals surface area contributed by atoms with Crippen LogP contribution in [-0.2, 0) is 17.6 Å². The van der Waals surface area contributed by atoms with E-state index < -0.39 is 0 Å². The number of nitrogens with one attached hydrogen (secondary N) is 1. The molecular weight excluding hydrogens is 304 g/mol. The third-order valence-corrected chi connectivity index (χ3v) is 4.35. The fourth-order valence-electron chi connectivity index (χ4n) is 2.25. The van der Waals surface area contributed by atoms with Crippen molar-refractivity contribution in [3.8, 4) is 0 Å². The summed E-state index contributed by atoms with van der Waals surface area (Å²) in [4.78, 5) is 4.40. The lowest BCUT2D eigenvalue weighted by atomic mass is 9.96. The van der Waals surface area contributed by atoms with Crippen LogP contribution in [0.5, 0.6) is 0 Å². The number of rotatable bonds is 9. The molecule has 1 aromatic carbocycles. The van der Waals surface area contributed by atoms with Crippen molar-refractivity contribution in [3.05, 3.63) is 51.4 Å². The molecule has 0 amide bonds. The van der Waals surface area contributed by atoms with Gasteiger partial charge in [0, 0.05) is 36.7 Å². The highest BCUT2D eigenvalue weighted by atomic mass is 35.5. The zero-order valence-electron chi connectivity index (χ0n) is 12.2. The van der Waals surface area contributed by atoms with Gasteiger partial charge in [0.1, 0.15) is 0 Å². The summed E-state index contributed by atoms with van der Waals surface area (Å²) in [6.07, 6.45) is 3.90. The molecule has 5 heteroatoms. The maximum Gasteiger partial charge on any atom is 0.0928 e. The predicted molar refractivity (Wildman–Crippen MR) is 89.2 cm³/mol. The summed E-state index contributed by atoms with van der Waals surface area (Å²) in [5.74, 6) is 0.522. The first-order valence-corrected chi connectivity index (χ1v) is 8.36. The minimum absolute atomic E-state index is 0.522. The van der Waals surface area contributed by atoms with Crippen molar-refractivity contribution in [2.24, 2.45) is 5.92 Å². The van der Waals surface area contributed by atoms with Crippen molar-refractivity contribution in [3.63, 3.8) is 0 Å². The number of hydrogen-bond acceptors (Lipinski definition) is 4. The number of aromatic nitrogens is 1. The van der Waals surface area contributed by atoms with Gasteiger partial charge in [-0.15, -0.1) is 11.3 Å². The molecule has 2 rings (SSSR count). The van der Waals surface area contributed by atoms with E-state index in [-0.39, 0.29) is 0 Å². The Kier molecular flexibility index (Phi) is 7.16. The Morgan fingerprint density at radius 3 is 2.76 bits per heavy atom. The van der Waals surface area contributed by atoms with Crippen LogP contribution in [0.25, 0.3) is 0 Å². The van der Waals surface area contributed by atoms with Crippen LogP contribution in [0.3, 0.4) is 0 Å². The maximum absolute atomic E-state index is 5.95. The lowest BCUT2D eigenvalue weighted by Crippen LogP contribution is -2.28. The van der Waals surface area contributed by atoms with Gasteiger partial charge in [-0.05, 0) is 36.6 Å². The summed E-state index contributed by atoms with van der Waals surface area (Å²) in [7, 11) is 1.72. The van der Waals surface area contributed by atoms with E-state index in [1.807, 2.05) is 23.7 Å². The van der Waals surface area contributed by atoms with Gasteiger partial charge in [-0.2, -0.15) is 0 Å². The predicted octanol–water partition coefficient (Wildman–Crippen LogP) is 3.43. The number of thiazole rings is 1.